The van der Waals surface area contributed by atoms with Gasteiger partial charge in [0.1, 0.15) is 0 Å². The molecule has 0 bridgehead atoms. The highest BCUT2D eigenvalue weighted by molar-refractivity contribution is 7.89. The minimum absolute atomic E-state index is 0.0240. The lowest BCUT2D eigenvalue weighted by Gasteiger charge is -2.11. The fourth-order valence-electron chi connectivity index (χ4n) is 2.91. The first-order chi connectivity index (χ1) is 12.9. The molecule has 0 heterocycles. The molecular weight excluding hydrogens is 360 g/mol. The molecule has 0 aliphatic carbocycles. The van der Waals surface area contributed by atoms with Crippen LogP contribution in [-0.2, 0) is 15.6 Å². The van der Waals surface area contributed by atoms with Crippen LogP contribution in [0.2, 0.25) is 0 Å². The van der Waals surface area contributed by atoms with Gasteiger partial charge in [0, 0.05) is 36.0 Å². The maximum absolute atomic E-state index is 12.2. The maximum Gasteiger partial charge on any atom is 0.251 e. The molecule has 3 aromatic carbocycles. The van der Waals surface area contributed by atoms with Crippen LogP contribution in [-0.4, -0.2) is 33.7 Å². The Kier molecular flexibility index (Phi) is 5.76. The van der Waals surface area contributed by atoms with Gasteiger partial charge in [0.25, 0.3) is 5.91 Å². The second-order valence-corrected chi connectivity index (χ2v) is 8.62. The first kappa shape index (κ1) is 18.9. The lowest BCUT2D eigenvalue weighted by molar-refractivity contribution is 0.0955. The van der Waals surface area contributed by atoms with Crippen molar-refractivity contribution in [2.75, 3.05) is 24.7 Å². The summed E-state index contributed by atoms with van der Waals surface area (Å²) >= 11 is 0. The van der Waals surface area contributed by atoms with Crippen LogP contribution in [0.1, 0.15) is 15.9 Å². The number of nitrogens with one attached hydrogen (secondary N) is 2. The summed E-state index contributed by atoms with van der Waals surface area (Å²) in [5, 5.41) is 8.53. The Hall–Kier alpha value is -2.86. The fraction of sp³-hybridized carbons (Fsp3) is 0.190. The third-order valence-corrected chi connectivity index (χ3v) is 5.02. The van der Waals surface area contributed by atoms with E-state index in [-0.39, 0.29) is 11.7 Å². The number of benzene rings is 3. The van der Waals surface area contributed by atoms with Crippen molar-refractivity contribution in [1.82, 2.24) is 5.32 Å². The van der Waals surface area contributed by atoms with E-state index < -0.39 is 9.84 Å². The second-order valence-electron chi connectivity index (χ2n) is 6.48. The third kappa shape index (κ3) is 5.31. The molecule has 0 saturated carbocycles. The number of amides is 1. The summed E-state index contributed by atoms with van der Waals surface area (Å²) < 4.78 is 22.6. The monoisotopic (exact) mass is 382 g/mol. The predicted octanol–water partition coefficient (Wildman–Crippen LogP) is 3.23. The largest absolute Gasteiger partial charge is 0.383 e. The quantitative estimate of drug-likeness (QED) is 0.615. The molecular formula is C21H22N2O3S. The number of hydrogen-bond acceptors (Lipinski definition) is 4. The standard InChI is InChI=1S/C21H22N2O3S/c1-27(25,26)15-16-9-11-18(12-10-16)21(24)23-14-13-22-20-8-4-6-17-5-2-3-7-19(17)20/h2-12,22H,13-15H2,1H3,(H,23,24). The molecule has 3 rings (SSSR count). The Bertz CT molecular complexity index is 1040. The van der Waals surface area contributed by atoms with E-state index in [9.17, 15) is 13.2 Å². The van der Waals surface area contributed by atoms with Crippen LogP contribution in [0.5, 0.6) is 0 Å². The van der Waals surface area contributed by atoms with Gasteiger partial charge in [0.15, 0.2) is 9.84 Å². The minimum Gasteiger partial charge on any atom is -0.383 e. The molecule has 0 atom stereocenters. The second kappa shape index (κ2) is 8.22. The number of fused-ring (bicyclic) bond motifs is 1. The van der Waals surface area contributed by atoms with Crippen LogP contribution in [0.4, 0.5) is 5.69 Å². The average molecular weight is 382 g/mol. The van der Waals surface area contributed by atoms with E-state index >= 15 is 0 Å². The van der Waals surface area contributed by atoms with E-state index in [2.05, 4.69) is 28.8 Å². The Morgan fingerprint density at radius 3 is 2.33 bits per heavy atom. The summed E-state index contributed by atoms with van der Waals surface area (Å²) in [4.78, 5) is 12.2. The number of carbonyl (C=O) groups is 1. The van der Waals surface area contributed by atoms with Gasteiger partial charge >= 0.3 is 0 Å². The summed E-state index contributed by atoms with van der Waals surface area (Å²) in [7, 11) is -3.08. The SMILES string of the molecule is CS(=O)(=O)Cc1ccc(C(=O)NCCNc2cccc3ccccc23)cc1. The molecule has 0 aliphatic heterocycles. The van der Waals surface area contributed by atoms with Crippen molar-refractivity contribution in [3.63, 3.8) is 0 Å². The number of rotatable bonds is 7. The van der Waals surface area contributed by atoms with Crippen molar-refractivity contribution in [1.29, 1.82) is 0 Å². The molecule has 6 heteroatoms. The molecule has 0 aliphatic rings. The van der Waals surface area contributed by atoms with Crippen LogP contribution >= 0.6 is 0 Å². The first-order valence-corrected chi connectivity index (χ1v) is 10.7. The van der Waals surface area contributed by atoms with Crippen molar-refractivity contribution in [3.05, 3.63) is 77.9 Å². The van der Waals surface area contributed by atoms with Crippen LogP contribution in [0.25, 0.3) is 10.8 Å². The van der Waals surface area contributed by atoms with Crippen LogP contribution in [0.3, 0.4) is 0 Å². The topological polar surface area (TPSA) is 75.3 Å². The molecule has 5 nitrogen and oxygen atoms in total. The lowest BCUT2D eigenvalue weighted by atomic mass is 10.1. The maximum atomic E-state index is 12.2. The molecule has 0 unspecified atom stereocenters. The summed E-state index contributed by atoms with van der Waals surface area (Å²) in [6, 6.07) is 20.9. The summed E-state index contributed by atoms with van der Waals surface area (Å²) in [5.74, 6) is -0.204. The van der Waals surface area contributed by atoms with Gasteiger partial charge in [-0.1, -0.05) is 48.5 Å². The molecule has 27 heavy (non-hydrogen) atoms. The molecule has 0 spiro atoms. The molecule has 2 N–H and O–H groups in total. The fourth-order valence-corrected chi connectivity index (χ4v) is 3.71. The molecule has 1 amide bonds. The molecule has 0 aromatic heterocycles. The van der Waals surface area contributed by atoms with Gasteiger partial charge in [-0.05, 0) is 29.1 Å². The zero-order valence-corrected chi connectivity index (χ0v) is 15.9. The van der Waals surface area contributed by atoms with Gasteiger partial charge in [-0.2, -0.15) is 0 Å². The third-order valence-electron chi connectivity index (χ3n) is 4.16. The number of hydrogen-bond donors (Lipinski definition) is 2. The summed E-state index contributed by atoms with van der Waals surface area (Å²) in [6.45, 7) is 1.08. The Morgan fingerprint density at radius 1 is 0.889 bits per heavy atom. The van der Waals surface area contributed by atoms with E-state index in [1.807, 2.05) is 24.3 Å². The first-order valence-electron chi connectivity index (χ1n) is 8.69. The van der Waals surface area contributed by atoms with Crippen molar-refractivity contribution >= 4 is 32.2 Å². The Morgan fingerprint density at radius 2 is 1.59 bits per heavy atom. The Labute approximate surface area is 159 Å². The van der Waals surface area contributed by atoms with E-state index in [1.54, 1.807) is 24.3 Å². The zero-order chi connectivity index (χ0) is 19.3. The predicted molar refractivity (Wildman–Crippen MR) is 110 cm³/mol. The van der Waals surface area contributed by atoms with Gasteiger partial charge in [-0.15, -0.1) is 0 Å². The van der Waals surface area contributed by atoms with Crippen molar-refractivity contribution in [2.45, 2.75) is 5.75 Å². The summed E-state index contributed by atoms with van der Waals surface area (Å²) in [5.41, 5.74) is 2.22. The molecule has 0 saturated heterocycles. The van der Waals surface area contributed by atoms with Gasteiger partial charge in [-0.3, -0.25) is 4.79 Å². The van der Waals surface area contributed by atoms with Gasteiger partial charge in [0.2, 0.25) is 0 Å². The van der Waals surface area contributed by atoms with E-state index in [4.69, 9.17) is 0 Å². The number of sulfone groups is 1. The normalized spacial score (nSPS) is 11.3. The van der Waals surface area contributed by atoms with E-state index in [1.165, 1.54) is 11.6 Å². The van der Waals surface area contributed by atoms with Crippen molar-refractivity contribution in [2.24, 2.45) is 0 Å². The molecule has 0 radical (unpaired) electrons. The van der Waals surface area contributed by atoms with Gasteiger partial charge in [-0.25, -0.2) is 8.42 Å². The highest BCUT2D eigenvalue weighted by atomic mass is 32.2. The zero-order valence-electron chi connectivity index (χ0n) is 15.1. The highest BCUT2D eigenvalue weighted by Crippen LogP contribution is 2.22. The lowest BCUT2D eigenvalue weighted by Crippen LogP contribution is -2.28. The molecule has 140 valence electrons. The number of anilines is 1. The van der Waals surface area contributed by atoms with E-state index in [0.717, 1.165) is 11.1 Å². The van der Waals surface area contributed by atoms with Crippen molar-refractivity contribution < 1.29 is 13.2 Å². The smallest absolute Gasteiger partial charge is 0.251 e. The average Bonchev–Trinajstić information content (AvgIpc) is 2.64. The van der Waals surface area contributed by atoms with Crippen LogP contribution < -0.4 is 10.6 Å². The van der Waals surface area contributed by atoms with Crippen molar-refractivity contribution in [3.8, 4) is 0 Å². The van der Waals surface area contributed by atoms with E-state index in [0.29, 0.717) is 24.2 Å². The highest BCUT2D eigenvalue weighted by Gasteiger charge is 2.08. The van der Waals surface area contributed by atoms with Crippen LogP contribution in [0, 0.1) is 0 Å². The Balaban J connectivity index is 1.52. The van der Waals surface area contributed by atoms with Gasteiger partial charge < -0.3 is 10.6 Å². The number of carbonyl (C=O) groups excluding carboxylic acids is 1. The molecule has 0 fully saturated rings. The summed E-state index contributed by atoms with van der Waals surface area (Å²) in [6.07, 6.45) is 1.19. The van der Waals surface area contributed by atoms with Gasteiger partial charge in [0.05, 0.1) is 5.75 Å². The van der Waals surface area contributed by atoms with Crippen LogP contribution in [0.15, 0.2) is 66.7 Å². The molecule has 3 aromatic rings. The minimum atomic E-state index is -3.08.